The van der Waals surface area contributed by atoms with Gasteiger partial charge in [-0.1, -0.05) is 12.1 Å². The number of benzene rings is 2. The van der Waals surface area contributed by atoms with Crippen molar-refractivity contribution in [3.8, 4) is 5.69 Å². The topological polar surface area (TPSA) is 94.0 Å². The van der Waals surface area contributed by atoms with Crippen molar-refractivity contribution in [1.82, 2.24) is 20.1 Å². The quantitative estimate of drug-likeness (QED) is 0.639. The van der Waals surface area contributed by atoms with E-state index in [9.17, 15) is 17.6 Å². The van der Waals surface area contributed by atoms with Crippen LogP contribution in [0.25, 0.3) is 5.69 Å². The van der Waals surface area contributed by atoms with Gasteiger partial charge in [0.15, 0.2) is 9.84 Å². The van der Waals surface area contributed by atoms with Gasteiger partial charge in [0.1, 0.15) is 23.7 Å². The van der Waals surface area contributed by atoms with Crippen molar-refractivity contribution in [3.63, 3.8) is 0 Å². The molecule has 0 fully saturated rings. The van der Waals surface area contributed by atoms with Crippen LogP contribution in [0.3, 0.4) is 0 Å². The zero-order valence-electron chi connectivity index (χ0n) is 15.3. The van der Waals surface area contributed by atoms with E-state index in [0.717, 1.165) is 35.5 Å². The average molecular weight is 402 g/mol. The van der Waals surface area contributed by atoms with E-state index in [-0.39, 0.29) is 4.90 Å². The second-order valence-corrected chi connectivity index (χ2v) is 8.57. The molecule has 0 radical (unpaired) electrons. The molecule has 0 bridgehead atoms. The van der Waals surface area contributed by atoms with Crippen LogP contribution < -0.4 is 5.32 Å². The fraction of sp³-hybridized carbons (Fsp3) is 0.211. The summed E-state index contributed by atoms with van der Waals surface area (Å²) in [6.07, 6.45) is 3.00. The average Bonchev–Trinajstić information content (AvgIpc) is 3.22. The summed E-state index contributed by atoms with van der Waals surface area (Å²) in [5, 5.41) is 5.44. The minimum atomic E-state index is -3.92. The molecular weight excluding hydrogens is 383 g/mol. The Labute approximate surface area is 162 Å². The molecule has 1 amide bonds. The maximum absolute atomic E-state index is 13.0. The number of nitrogens with zero attached hydrogens (tertiary/aromatic N) is 3. The van der Waals surface area contributed by atoms with Crippen LogP contribution in [-0.2, 0) is 14.6 Å². The van der Waals surface area contributed by atoms with Gasteiger partial charge >= 0.3 is 0 Å². The van der Waals surface area contributed by atoms with Gasteiger partial charge in [-0.2, -0.15) is 5.10 Å². The lowest BCUT2D eigenvalue weighted by Crippen LogP contribution is -2.39. The Morgan fingerprint density at radius 1 is 1.07 bits per heavy atom. The number of aromatic nitrogens is 3. The lowest BCUT2D eigenvalue weighted by Gasteiger charge is -2.18. The first kappa shape index (κ1) is 19.7. The number of rotatable bonds is 6. The summed E-state index contributed by atoms with van der Waals surface area (Å²) < 4.78 is 39.8. The number of hydrogen-bond acceptors (Lipinski definition) is 5. The van der Waals surface area contributed by atoms with Crippen LogP contribution in [0.15, 0.2) is 66.1 Å². The van der Waals surface area contributed by atoms with Gasteiger partial charge in [-0.25, -0.2) is 22.5 Å². The van der Waals surface area contributed by atoms with Crippen LogP contribution >= 0.6 is 0 Å². The fourth-order valence-corrected chi connectivity index (χ4v) is 3.91. The molecule has 7 nitrogen and oxygen atoms in total. The summed E-state index contributed by atoms with van der Waals surface area (Å²) in [5.41, 5.74) is 1.62. The Morgan fingerprint density at radius 2 is 1.71 bits per heavy atom. The predicted molar refractivity (Wildman–Crippen MR) is 101 cm³/mol. The number of halogens is 1. The van der Waals surface area contributed by atoms with E-state index in [1.807, 2.05) is 24.3 Å². The molecule has 0 aliphatic rings. The van der Waals surface area contributed by atoms with E-state index in [1.54, 1.807) is 17.9 Å². The van der Waals surface area contributed by atoms with Gasteiger partial charge in [-0.05, 0) is 55.8 Å². The first-order valence-corrected chi connectivity index (χ1v) is 10.1. The first-order chi connectivity index (χ1) is 13.3. The lowest BCUT2D eigenvalue weighted by atomic mass is 10.1. The Bertz CT molecular complexity index is 1050. The number of amides is 1. The molecule has 0 saturated heterocycles. The van der Waals surface area contributed by atoms with Crippen molar-refractivity contribution < 1.29 is 17.6 Å². The van der Waals surface area contributed by atoms with Crippen molar-refractivity contribution in [2.24, 2.45) is 0 Å². The van der Waals surface area contributed by atoms with Crippen molar-refractivity contribution in [1.29, 1.82) is 0 Å². The zero-order valence-corrected chi connectivity index (χ0v) is 16.1. The highest BCUT2D eigenvalue weighted by Crippen LogP contribution is 2.19. The highest BCUT2D eigenvalue weighted by atomic mass is 32.2. The Morgan fingerprint density at radius 3 is 2.29 bits per heavy atom. The molecule has 1 aromatic heterocycles. The molecule has 146 valence electrons. The molecule has 0 aliphatic carbocycles. The lowest BCUT2D eigenvalue weighted by molar-refractivity contribution is -0.121. The third-order valence-electron chi connectivity index (χ3n) is 4.41. The van der Waals surface area contributed by atoms with Gasteiger partial charge in [0.25, 0.3) is 0 Å². The second-order valence-electron chi connectivity index (χ2n) is 6.30. The molecule has 1 heterocycles. The summed E-state index contributed by atoms with van der Waals surface area (Å²) >= 11 is 0. The molecule has 0 saturated carbocycles. The minimum absolute atomic E-state index is 0.0959. The highest BCUT2D eigenvalue weighted by molar-refractivity contribution is 7.92. The third-order valence-corrected chi connectivity index (χ3v) is 6.49. The Hall–Kier alpha value is -3.07. The molecule has 2 unspecified atom stereocenters. The fourth-order valence-electron chi connectivity index (χ4n) is 2.64. The van der Waals surface area contributed by atoms with Gasteiger partial charge in [0.2, 0.25) is 5.91 Å². The van der Waals surface area contributed by atoms with Crippen LogP contribution in [0.1, 0.15) is 25.5 Å². The highest BCUT2D eigenvalue weighted by Gasteiger charge is 2.30. The van der Waals surface area contributed by atoms with Gasteiger partial charge in [-0.3, -0.25) is 4.79 Å². The molecule has 2 atom stereocenters. The number of nitrogens with one attached hydrogen (secondary N) is 1. The van der Waals surface area contributed by atoms with E-state index >= 15 is 0 Å². The van der Waals surface area contributed by atoms with E-state index in [0.29, 0.717) is 0 Å². The van der Waals surface area contributed by atoms with Gasteiger partial charge in [0, 0.05) is 0 Å². The summed E-state index contributed by atoms with van der Waals surface area (Å²) in [4.78, 5) is 16.3. The monoisotopic (exact) mass is 402 g/mol. The first-order valence-electron chi connectivity index (χ1n) is 8.54. The minimum Gasteiger partial charge on any atom is -0.348 e. The standard InChI is InChI=1S/C19H19FN4O3S/c1-13(15-3-7-17(8-4-15)24-12-21-11-22-24)23-19(25)14(2)28(26,27)18-9-5-16(20)6-10-18/h3-14H,1-2H3,(H,23,25). The molecule has 9 heteroatoms. The van der Waals surface area contributed by atoms with E-state index < -0.39 is 32.9 Å². The van der Waals surface area contributed by atoms with E-state index in [2.05, 4.69) is 15.4 Å². The number of sulfone groups is 1. The summed E-state index contributed by atoms with van der Waals surface area (Å²) in [7, 11) is -3.92. The van der Waals surface area contributed by atoms with Crippen molar-refractivity contribution in [3.05, 3.63) is 72.6 Å². The Kier molecular flexibility index (Phi) is 5.55. The maximum Gasteiger partial charge on any atom is 0.238 e. The SMILES string of the molecule is CC(NC(=O)C(C)S(=O)(=O)c1ccc(F)cc1)c1ccc(-n2cncn2)cc1. The molecule has 3 aromatic rings. The molecule has 3 rings (SSSR count). The van der Waals surface area contributed by atoms with Crippen LogP contribution in [-0.4, -0.2) is 34.3 Å². The summed E-state index contributed by atoms with van der Waals surface area (Å²) in [6.45, 7) is 3.08. The Balaban J connectivity index is 1.70. The second kappa shape index (κ2) is 7.89. The van der Waals surface area contributed by atoms with Crippen molar-refractivity contribution in [2.75, 3.05) is 0 Å². The molecule has 2 aromatic carbocycles. The summed E-state index contributed by atoms with van der Waals surface area (Å²) in [5.74, 6) is -1.17. The molecule has 0 aliphatic heterocycles. The number of carbonyl (C=O) groups excluding carboxylic acids is 1. The number of carbonyl (C=O) groups is 1. The number of hydrogen-bond donors (Lipinski definition) is 1. The largest absolute Gasteiger partial charge is 0.348 e. The van der Waals surface area contributed by atoms with E-state index in [1.165, 1.54) is 13.3 Å². The van der Waals surface area contributed by atoms with Crippen LogP contribution in [0, 0.1) is 5.82 Å². The van der Waals surface area contributed by atoms with Crippen LogP contribution in [0.4, 0.5) is 4.39 Å². The van der Waals surface area contributed by atoms with Gasteiger partial charge in [-0.15, -0.1) is 0 Å². The van der Waals surface area contributed by atoms with Crippen molar-refractivity contribution >= 4 is 15.7 Å². The molecule has 0 spiro atoms. The smallest absolute Gasteiger partial charge is 0.238 e. The van der Waals surface area contributed by atoms with Crippen molar-refractivity contribution in [2.45, 2.75) is 30.0 Å². The third kappa shape index (κ3) is 4.09. The normalized spacial score (nSPS) is 13.7. The molecule has 28 heavy (non-hydrogen) atoms. The molecular formula is C19H19FN4O3S. The predicted octanol–water partition coefficient (Wildman–Crippen LogP) is 2.45. The van der Waals surface area contributed by atoms with Crippen LogP contribution in [0.2, 0.25) is 0 Å². The van der Waals surface area contributed by atoms with Gasteiger partial charge < -0.3 is 5.32 Å². The molecule has 1 N–H and O–H groups in total. The van der Waals surface area contributed by atoms with Gasteiger partial charge in [0.05, 0.1) is 16.6 Å². The van der Waals surface area contributed by atoms with E-state index in [4.69, 9.17) is 0 Å². The zero-order chi connectivity index (χ0) is 20.3. The summed E-state index contributed by atoms with van der Waals surface area (Å²) in [6, 6.07) is 11.3. The van der Waals surface area contributed by atoms with Crippen LogP contribution in [0.5, 0.6) is 0 Å². The maximum atomic E-state index is 13.0.